The van der Waals surface area contributed by atoms with Crippen molar-refractivity contribution in [2.75, 3.05) is 19.6 Å². The van der Waals surface area contributed by atoms with Crippen LogP contribution in [0.25, 0.3) is 22.8 Å². The number of fused-ring (bicyclic) bond motifs is 1. The predicted octanol–water partition coefficient (Wildman–Crippen LogP) is 2.22. The summed E-state index contributed by atoms with van der Waals surface area (Å²) in [6, 6.07) is 16.8. The molecule has 2 aliphatic heterocycles. The lowest BCUT2D eigenvalue weighted by atomic mass is 10.0. The van der Waals surface area contributed by atoms with Gasteiger partial charge in [0.05, 0.1) is 17.0 Å². The van der Waals surface area contributed by atoms with Crippen LogP contribution >= 0.6 is 0 Å². The van der Waals surface area contributed by atoms with Gasteiger partial charge in [-0.25, -0.2) is 0 Å². The minimum absolute atomic E-state index is 0.0398. The summed E-state index contributed by atoms with van der Waals surface area (Å²) in [6.07, 6.45) is 0. The van der Waals surface area contributed by atoms with Crippen molar-refractivity contribution in [2.45, 2.75) is 0 Å². The van der Waals surface area contributed by atoms with Crippen LogP contribution in [-0.2, 0) is 4.79 Å². The molecule has 0 bridgehead atoms. The minimum atomic E-state index is -0.114. The summed E-state index contributed by atoms with van der Waals surface area (Å²) >= 11 is 0. The third-order valence-corrected chi connectivity index (χ3v) is 5.45. The number of nitrogens with one attached hydrogen (secondary N) is 1. The highest BCUT2D eigenvalue weighted by atomic mass is 16.5. The normalized spacial score (nSPS) is 20.9. The molecule has 2 fully saturated rings. The van der Waals surface area contributed by atoms with Crippen LogP contribution in [0.5, 0.6) is 0 Å². The Kier molecular flexibility index (Phi) is 3.93. The number of carbonyl (C=O) groups is 2. The fourth-order valence-electron chi connectivity index (χ4n) is 3.97. The van der Waals surface area contributed by atoms with Gasteiger partial charge >= 0.3 is 0 Å². The Balaban J connectivity index is 1.45. The third-order valence-electron chi connectivity index (χ3n) is 5.45. The number of benzene rings is 2. The van der Waals surface area contributed by atoms with Crippen LogP contribution in [0.1, 0.15) is 10.4 Å². The molecule has 3 heterocycles. The molecule has 140 valence electrons. The van der Waals surface area contributed by atoms with E-state index in [1.807, 2.05) is 42.5 Å². The largest absolute Gasteiger partial charge is 0.355 e. The highest BCUT2D eigenvalue weighted by Crippen LogP contribution is 2.31. The zero-order valence-electron chi connectivity index (χ0n) is 15.0. The Morgan fingerprint density at radius 2 is 1.86 bits per heavy atom. The molecule has 2 aliphatic rings. The molecule has 0 radical (unpaired) electrons. The molecule has 0 saturated carbocycles. The van der Waals surface area contributed by atoms with Gasteiger partial charge in [-0.1, -0.05) is 47.6 Å². The average molecular weight is 374 g/mol. The second-order valence-corrected chi connectivity index (χ2v) is 7.16. The van der Waals surface area contributed by atoms with E-state index >= 15 is 0 Å². The van der Waals surface area contributed by atoms with Crippen molar-refractivity contribution in [3.05, 3.63) is 60.2 Å². The highest BCUT2D eigenvalue weighted by Gasteiger charge is 2.44. The molecular formula is C21H18N4O3. The molecule has 7 nitrogen and oxygen atoms in total. The number of aromatic nitrogens is 2. The summed E-state index contributed by atoms with van der Waals surface area (Å²) in [5, 5.41) is 6.92. The molecule has 1 aromatic heterocycles. The number of hydrogen-bond acceptors (Lipinski definition) is 5. The third kappa shape index (κ3) is 2.76. The molecule has 2 atom stereocenters. The van der Waals surface area contributed by atoms with E-state index in [-0.39, 0.29) is 23.7 Å². The lowest BCUT2D eigenvalue weighted by molar-refractivity contribution is -0.122. The molecule has 2 amide bonds. The maximum absolute atomic E-state index is 13.2. The van der Waals surface area contributed by atoms with Gasteiger partial charge in [-0.15, -0.1) is 0 Å². The topological polar surface area (TPSA) is 88.3 Å². The van der Waals surface area contributed by atoms with Crippen LogP contribution in [0, 0.1) is 11.8 Å². The van der Waals surface area contributed by atoms with Crippen molar-refractivity contribution in [3.63, 3.8) is 0 Å². The van der Waals surface area contributed by atoms with Gasteiger partial charge in [-0.05, 0) is 12.1 Å². The monoisotopic (exact) mass is 374 g/mol. The van der Waals surface area contributed by atoms with E-state index in [9.17, 15) is 9.59 Å². The Labute approximate surface area is 161 Å². The van der Waals surface area contributed by atoms with Gasteiger partial charge < -0.3 is 14.7 Å². The number of nitrogens with zero attached hydrogens (tertiary/aromatic N) is 3. The number of rotatable bonds is 3. The Bertz CT molecular complexity index is 1050. The van der Waals surface area contributed by atoms with Gasteiger partial charge in [0.25, 0.3) is 11.8 Å². The standard InChI is InChI=1S/C21H18N4O3/c26-19-17-12-25(11-14(17)10-22-19)21(27)16-9-5-4-8-15(16)20-23-18(24-28-20)13-6-2-1-3-7-13/h1-9,14,17H,10-12H2,(H,22,26)/t14-,17+/m0/s1. The molecule has 0 aliphatic carbocycles. The van der Waals surface area contributed by atoms with Gasteiger partial charge in [0.15, 0.2) is 0 Å². The van der Waals surface area contributed by atoms with Crippen LogP contribution in [0.15, 0.2) is 59.1 Å². The van der Waals surface area contributed by atoms with Gasteiger partial charge in [-0.3, -0.25) is 9.59 Å². The molecule has 1 N–H and O–H groups in total. The van der Waals surface area contributed by atoms with Crippen LogP contribution in [0.2, 0.25) is 0 Å². The first-order valence-electron chi connectivity index (χ1n) is 9.26. The highest BCUT2D eigenvalue weighted by molar-refractivity contribution is 6.00. The average Bonchev–Trinajstić information content (AvgIpc) is 3.46. The number of amides is 2. The van der Waals surface area contributed by atoms with Crippen LogP contribution < -0.4 is 5.32 Å². The van der Waals surface area contributed by atoms with E-state index in [1.54, 1.807) is 17.0 Å². The van der Waals surface area contributed by atoms with Crippen molar-refractivity contribution in [2.24, 2.45) is 11.8 Å². The quantitative estimate of drug-likeness (QED) is 0.759. The van der Waals surface area contributed by atoms with E-state index < -0.39 is 0 Å². The summed E-state index contributed by atoms with van der Waals surface area (Å²) in [4.78, 5) is 31.3. The number of carbonyl (C=O) groups excluding carboxylic acids is 2. The van der Waals surface area contributed by atoms with Crippen molar-refractivity contribution >= 4 is 11.8 Å². The molecular weight excluding hydrogens is 356 g/mol. The summed E-state index contributed by atoms with van der Waals surface area (Å²) in [5.74, 6) is 0.793. The SMILES string of the molecule is O=C1NC[C@H]2CN(C(=O)c3ccccc3-c3nc(-c4ccccc4)no3)C[C@@H]12. The van der Waals surface area contributed by atoms with E-state index in [2.05, 4.69) is 15.5 Å². The molecule has 28 heavy (non-hydrogen) atoms. The zero-order valence-corrected chi connectivity index (χ0v) is 15.0. The van der Waals surface area contributed by atoms with E-state index in [0.29, 0.717) is 42.5 Å². The number of hydrogen-bond donors (Lipinski definition) is 1. The molecule has 3 aromatic rings. The van der Waals surface area contributed by atoms with Gasteiger partial charge in [0.2, 0.25) is 11.7 Å². The van der Waals surface area contributed by atoms with Gasteiger partial charge in [-0.2, -0.15) is 4.98 Å². The predicted molar refractivity (Wildman–Crippen MR) is 101 cm³/mol. The second kappa shape index (κ2) is 6.60. The fraction of sp³-hybridized carbons (Fsp3) is 0.238. The first-order valence-corrected chi connectivity index (χ1v) is 9.26. The molecule has 7 heteroatoms. The minimum Gasteiger partial charge on any atom is -0.355 e. The van der Waals surface area contributed by atoms with E-state index in [1.165, 1.54) is 0 Å². The summed E-state index contributed by atoms with van der Waals surface area (Å²) < 4.78 is 5.45. The van der Waals surface area contributed by atoms with Crippen molar-refractivity contribution in [3.8, 4) is 22.8 Å². The first-order chi connectivity index (χ1) is 13.7. The van der Waals surface area contributed by atoms with Gasteiger partial charge in [0, 0.05) is 31.1 Å². The fourth-order valence-corrected chi connectivity index (χ4v) is 3.97. The van der Waals surface area contributed by atoms with E-state index in [0.717, 1.165) is 5.56 Å². The van der Waals surface area contributed by atoms with Crippen LogP contribution in [0.3, 0.4) is 0 Å². The molecule has 0 spiro atoms. The molecule has 0 unspecified atom stereocenters. The Morgan fingerprint density at radius 1 is 1.07 bits per heavy atom. The molecule has 5 rings (SSSR count). The summed E-state index contributed by atoms with van der Waals surface area (Å²) in [5.41, 5.74) is 1.95. The molecule has 2 aromatic carbocycles. The van der Waals surface area contributed by atoms with Crippen molar-refractivity contribution in [1.82, 2.24) is 20.4 Å². The van der Waals surface area contributed by atoms with Crippen LogP contribution in [0.4, 0.5) is 0 Å². The number of likely N-dealkylation sites (tertiary alicyclic amines) is 1. The second-order valence-electron chi connectivity index (χ2n) is 7.16. The van der Waals surface area contributed by atoms with E-state index in [4.69, 9.17) is 4.52 Å². The summed E-state index contributed by atoms with van der Waals surface area (Å²) in [7, 11) is 0. The molecule has 2 saturated heterocycles. The smallest absolute Gasteiger partial charge is 0.259 e. The van der Waals surface area contributed by atoms with Gasteiger partial charge in [0.1, 0.15) is 0 Å². The maximum atomic E-state index is 13.2. The van der Waals surface area contributed by atoms with Crippen LogP contribution in [-0.4, -0.2) is 46.5 Å². The van der Waals surface area contributed by atoms with Crippen molar-refractivity contribution in [1.29, 1.82) is 0 Å². The maximum Gasteiger partial charge on any atom is 0.259 e. The van der Waals surface area contributed by atoms with Crippen molar-refractivity contribution < 1.29 is 14.1 Å². The summed E-state index contributed by atoms with van der Waals surface area (Å²) in [6.45, 7) is 1.66. The Hall–Kier alpha value is -3.48. The zero-order chi connectivity index (χ0) is 19.1. The first kappa shape index (κ1) is 16.7. The lowest BCUT2D eigenvalue weighted by Gasteiger charge is -2.18. The Morgan fingerprint density at radius 3 is 2.68 bits per heavy atom. The lowest BCUT2D eigenvalue weighted by Crippen LogP contribution is -2.33.